The summed E-state index contributed by atoms with van der Waals surface area (Å²) in [7, 11) is 0. The minimum Gasteiger partial charge on any atom is -0.404 e. The molecule has 0 fully saturated rings. The summed E-state index contributed by atoms with van der Waals surface area (Å²) in [6, 6.07) is 5.60. The molecule has 1 rings (SSSR count). The highest BCUT2D eigenvalue weighted by Crippen LogP contribution is 2.29. The lowest BCUT2D eigenvalue weighted by Crippen LogP contribution is -2.24. The number of nitrogens with two attached hydrogens (primary N) is 1. The number of nitrogens with zero attached hydrogens (tertiary/aromatic N) is 1. The summed E-state index contributed by atoms with van der Waals surface area (Å²) < 4.78 is 40.1. The smallest absolute Gasteiger partial charge is 0.404 e. The van der Waals surface area contributed by atoms with E-state index in [2.05, 4.69) is 15.0 Å². The number of hydrogen-bond donors (Lipinski definition) is 2. The topological polar surface area (TPSA) is 59.6 Å². The zero-order chi connectivity index (χ0) is 12.9. The van der Waals surface area contributed by atoms with Gasteiger partial charge in [-0.25, -0.2) is 0 Å². The zero-order valence-electron chi connectivity index (χ0n) is 9.08. The number of aliphatic imine (C=N–C) groups is 1. The van der Waals surface area contributed by atoms with E-state index in [9.17, 15) is 13.2 Å². The molecule has 0 amide bonds. The van der Waals surface area contributed by atoms with E-state index in [1.807, 2.05) is 0 Å². The summed E-state index contributed by atoms with van der Waals surface area (Å²) in [5.41, 5.74) is 5.56. The molecule has 0 radical (unpaired) electrons. The molecule has 0 unspecified atom stereocenters. The maximum absolute atomic E-state index is 12.1. The summed E-state index contributed by atoms with van der Waals surface area (Å²) in [6.07, 6.45) is -4.74. The maximum Gasteiger partial charge on any atom is 0.573 e. The van der Waals surface area contributed by atoms with Crippen molar-refractivity contribution in [3.05, 3.63) is 24.3 Å². The van der Waals surface area contributed by atoms with Crippen LogP contribution in [0.2, 0.25) is 0 Å². The van der Waals surface area contributed by atoms with Crippen LogP contribution in [0.4, 0.5) is 18.9 Å². The van der Waals surface area contributed by atoms with Crippen molar-refractivity contribution in [3.63, 3.8) is 0 Å². The highest BCUT2D eigenvalue weighted by Gasteiger charge is 2.32. The molecule has 17 heavy (non-hydrogen) atoms. The summed E-state index contributed by atoms with van der Waals surface area (Å²) in [5, 5.41) is 2.54. The Morgan fingerprint density at radius 2 is 2.06 bits per heavy atom. The third kappa shape index (κ3) is 4.62. The van der Waals surface area contributed by atoms with E-state index in [-0.39, 0.29) is 17.4 Å². The molecule has 0 aliphatic carbocycles. The zero-order valence-corrected chi connectivity index (χ0v) is 9.08. The number of anilines is 1. The first-order valence-corrected chi connectivity index (χ1v) is 4.84. The Morgan fingerprint density at radius 1 is 1.41 bits per heavy atom. The first-order chi connectivity index (χ1) is 7.92. The van der Waals surface area contributed by atoms with Gasteiger partial charge in [0.05, 0.1) is 5.69 Å². The molecule has 0 heterocycles. The van der Waals surface area contributed by atoms with Crippen LogP contribution in [0.25, 0.3) is 0 Å². The first kappa shape index (κ1) is 13.1. The molecular weight excluding hydrogens is 235 g/mol. The summed E-state index contributed by atoms with van der Waals surface area (Å²) in [5.74, 6) is -0.319. The van der Waals surface area contributed by atoms with Gasteiger partial charge in [-0.05, 0) is 19.1 Å². The van der Waals surface area contributed by atoms with Crippen LogP contribution in [-0.4, -0.2) is 18.9 Å². The predicted octanol–water partition coefficient (Wildman–Crippen LogP) is 2.33. The van der Waals surface area contributed by atoms with E-state index >= 15 is 0 Å². The number of para-hydroxylation sites is 2. The average molecular weight is 247 g/mol. The van der Waals surface area contributed by atoms with Gasteiger partial charge in [-0.2, -0.15) is 0 Å². The van der Waals surface area contributed by atoms with E-state index in [0.717, 1.165) is 0 Å². The average Bonchev–Trinajstić information content (AvgIpc) is 2.19. The molecule has 0 bridgehead atoms. The van der Waals surface area contributed by atoms with Gasteiger partial charge in [0.2, 0.25) is 0 Å². The number of benzene rings is 1. The van der Waals surface area contributed by atoms with Gasteiger partial charge in [-0.1, -0.05) is 12.1 Å². The molecule has 0 aromatic heterocycles. The Morgan fingerprint density at radius 3 is 2.65 bits per heavy atom. The molecule has 0 saturated carbocycles. The van der Waals surface area contributed by atoms with Crippen molar-refractivity contribution in [3.8, 4) is 5.75 Å². The quantitative estimate of drug-likeness (QED) is 0.636. The van der Waals surface area contributed by atoms with Gasteiger partial charge in [0.25, 0.3) is 0 Å². The van der Waals surface area contributed by atoms with Gasteiger partial charge in [-0.3, -0.25) is 4.99 Å². The van der Waals surface area contributed by atoms with Crippen molar-refractivity contribution >= 4 is 11.6 Å². The number of hydrogen-bond acceptors (Lipinski definition) is 2. The second kappa shape index (κ2) is 5.42. The van der Waals surface area contributed by atoms with E-state index in [0.29, 0.717) is 6.54 Å². The monoisotopic (exact) mass is 247 g/mol. The van der Waals surface area contributed by atoms with Crippen LogP contribution < -0.4 is 15.8 Å². The Labute approximate surface area is 96.3 Å². The fourth-order valence-electron chi connectivity index (χ4n) is 1.13. The van der Waals surface area contributed by atoms with Crippen molar-refractivity contribution in [1.82, 2.24) is 0 Å². The fourth-order valence-corrected chi connectivity index (χ4v) is 1.13. The molecule has 4 nitrogen and oxygen atoms in total. The summed E-state index contributed by atoms with van der Waals surface area (Å²) in [4.78, 5) is 3.80. The largest absolute Gasteiger partial charge is 0.573 e. The van der Waals surface area contributed by atoms with Gasteiger partial charge in [0.15, 0.2) is 11.7 Å². The molecule has 0 aliphatic heterocycles. The van der Waals surface area contributed by atoms with Crippen LogP contribution in [0.3, 0.4) is 0 Å². The van der Waals surface area contributed by atoms with Crippen LogP contribution in [0, 0.1) is 0 Å². The van der Waals surface area contributed by atoms with Crippen LogP contribution in [-0.2, 0) is 0 Å². The lowest BCUT2D eigenvalue weighted by Gasteiger charge is -2.13. The van der Waals surface area contributed by atoms with Gasteiger partial charge in [-0.15, -0.1) is 13.2 Å². The lowest BCUT2D eigenvalue weighted by molar-refractivity contribution is -0.274. The molecule has 0 spiro atoms. The normalized spacial score (nSPS) is 12.4. The van der Waals surface area contributed by atoms with Crippen LogP contribution >= 0.6 is 0 Å². The third-order valence-electron chi connectivity index (χ3n) is 1.70. The SMILES string of the molecule is CCN=C(N)Nc1ccccc1OC(F)(F)F. The number of alkyl halides is 3. The lowest BCUT2D eigenvalue weighted by atomic mass is 10.3. The third-order valence-corrected chi connectivity index (χ3v) is 1.70. The minimum atomic E-state index is -4.74. The first-order valence-electron chi connectivity index (χ1n) is 4.84. The van der Waals surface area contributed by atoms with E-state index < -0.39 is 6.36 Å². The van der Waals surface area contributed by atoms with Gasteiger partial charge in [0.1, 0.15) is 0 Å². The number of rotatable bonds is 3. The molecule has 0 atom stereocenters. The molecule has 3 N–H and O–H groups in total. The van der Waals surface area contributed by atoms with Crippen molar-refractivity contribution < 1.29 is 17.9 Å². The maximum atomic E-state index is 12.1. The second-order valence-corrected chi connectivity index (χ2v) is 3.03. The molecule has 94 valence electrons. The summed E-state index contributed by atoms with van der Waals surface area (Å²) in [6.45, 7) is 2.19. The van der Waals surface area contributed by atoms with Crippen LogP contribution in [0.15, 0.2) is 29.3 Å². The Hall–Kier alpha value is -1.92. The molecular formula is C10H12F3N3O. The van der Waals surface area contributed by atoms with E-state index in [1.165, 1.54) is 18.2 Å². The van der Waals surface area contributed by atoms with Crippen LogP contribution in [0.5, 0.6) is 5.75 Å². The van der Waals surface area contributed by atoms with E-state index in [4.69, 9.17) is 5.73 Å². The van der Waals surface area contributed by atoms with Gasteiger partial charge < -0.3 is 15.8 Å². The molecule has 0 aliphatic rings. The highest BCUT2D eigenvalue weighted by atomic mass is 19.4. The fraction of sp³-hybridized carbons (Fsp3) is 0.300. The van der Waals surface area contributed by atoms with Gasteiger partial charge in [0, 0.05) is 6.54 Å². The van der Waals surface area contributed by atoms with Gasteiger partial charge >= 0.3 is 6.36 Å². The Bertz CT molecular complexity index is 404. The van der Waals surface area contributed by atoms with Crippen molar-refractivity contribution in [2.75, 3.05) is 11.9 Å². The minimum absolute atomic E-state index is 0.0331. The van der Waals surface area contributed by atoms with Crippen molar-refractivity contribution in [2.45, 2.75) is 13.3 Å². The number of ether oxygens (including phenoxy) is 1. The number of nitrogens with one attached hydrogen (secondary N) is 1. The van der Waals surface area contributed by atoms with Crippen molar-refractivity contribution in [1.29, 1.82) is 0 Å². The molecule has 1 aromatic rings. The van der Waals surface area contributed by atoms with Crippen molar-refractivity contribution in [2.24, 2.45) is 10.7 Å². The Balaban J connectivity index is 2.88. The molecule has 7 heteroatoms. The highest BCUT2D eigenvalue weighted by molar-refractivity contribution is 5.93. The standard InChI is InChI=1S/C10H12F3N3O/c1-2-15-9(14)16-7-5-3-4-6-8(7)17-10(11,12)13/h3-6H,2H2,1H3,(H3,14,15,16). The number of guanidine groups is 1. The molecule has 1 aromatic carbocycles. The second-order valence-electron chi connectivity index (χ2n) is 3.03. The Kier molecular flexibility index (Phi) is 4.19. The van der Waals surface area contributed by atoms with Crippen LogP contribution in [0.1, 0.15) is 6.92 Å². The molecule has 0 saturated heterocycles. The van der Waals surface area contributed by atoms with E-state index in [1.54, 1.807) is 13.0 Å². The number of halogens is 3. The predicted molar refractivity (Wildman–Crippen MR) is 58.9 cm³/mol. The summed E-state index contributed by atoms with van der Waals surface area (Å²) >= 11 is 0.